The van der Waals surface area contributed by atoms with E-state index in [9.17, 15) is 0 Å². The van der Waals surface area contributed by atoms with Gasteiger partial charge in [-0.05, 0) is 115 Å². The van der Waals surface area contributed by atoms with Gasteiger partial charge in [-0.3, -0.25) is 0 Å². The van der Waals surface area contributed by atoms with Crippen LogP contribution < -0.4 is 0 Å². The van der Waals surface area contributed by atoms with Crippen molar-refractivity contribution >= 4 is 36.2 Å². The van der Waals surface area contributed by atoms with E-state index in [0.29, 0.717) is 6.61 Å². The molecule has 292 valence electrons. The minimum Gasteiger partial charge on any atom is -0.396 e. The molecule has 1 aliphatic rings. The zero-order valence-corrected chi connectivity index (χ0v) is 36.8. The van der Waals surface area contributed by atoms with Crippen LogP contribution >= 0.6 is 36.2 Å². The van der Waals surface area contributed by atoms with E-state index in [-0.39, 0.29) is 0 Å². The molecule has 0 aromatic heterocycles. The zero-order chi connectivity index (χ0) is 37.0. The van der Waals surface area contributed by atoms with Crippen LogP contribution in [0.5, 0.6) is 0 Å². The fraction of sp³-hybridized carbons (Fsp3) is 0.951. The molecule has 4 nitrogen and oxygen atoms in total. The van der Waals surface area contributed by atoms with E-state index < -0.39 is 0 Å². The Bertz CT molecular complexity index is 617. The molecule has 0 bridgehead atoms. The summed E-state index contributed by atoms with van der Waals surface area (Å²) < 4.78 is 4.86. The molecule has 7 heteroatoms. The number of hydrogen-bond acceptors (Lipinski definition) is 7. The lowest BCUT2D eigenvalue weighted by molar-refractivity contribution is 0.190. The lowest BCUT2D eigenvalue weighted by Crippen LogP contribution is -2.28. The first kappa shape index (κ1) is 53.0. The number of unbranched alkanes of at least 4 members (excludes halogenated alkanes) is 4. The van der Waals surface area contributed by atoms with Crippen molar-refractivity contribution in [2.24, 2.45) is 23.7 Å². The summed E-state index contributed by atoms with van der Waals surface area (Å²) in [5, 5.41) is 10.1. The van der Waals surface area contributed by atoms with Crippen LogP contribution in [-0.4, -0.2) is 104 Å². The monoisotopic (exact) mass is 737 g/mol. The number of thioether (sulfide) groups is 2. The topological polar surface area (TPSA) is 35.9 Å². The van der Waals surface area contributed by atoms with Gasteiger partial charge >= 0.3 is 0 Å². The van der Waals surface area contributed by atoms with E-state index in [1.54, 1.807) is 7.11 Å². The lowest BCUT2D eigenvalue weighted by Gasteiger charge is -2.35. The van der Waals surface area contributed by atoms with Gasteiger partial charge < -0.3 is 19.6 Å². The molecule has 1 fully saturated rings. The molecule has 0 radical (unpaired) electrons. The summed E-state index contributed by atoms with van der Waals surface area (Å²) in [6.45, 7) is 21.5. The maximum Gasteiger partial charge on any atom is 0.0462 e. The first-order chi connectivity index (χ1) is 23.0. The summed E-state index contributed by atoms with van der Waals surface area (Å²) in [6.07, 6.45) is 21.8. The predicted molar refractivity (Wildman–Crippen MR) is 230 cm³/mol. The van der Waals surface area contributed by atoms with E-state index in [2.05, 4.69) is 114 Å². The Hall–Kier alpha value is 0.630. The maximum absolute atomic E-state index is 8.39. The Labute approximate surface area is 317 Å². The normalized spacial score (nSPS) is 18.7. The van der Waals surface area contributed by atoms with Gasteiger partial charge in [-0.15, -0.1) is 6.58 Å². The molecule has 1 aliphatic carbocycles. The molecule has 0 aromatic rings. The largest absolute Gasteiger partial charge is 0.396 e. The third-order valence-corrected chi connectivity index (χ3v) is 12.4. The van der Waals surface area contributed by atoms with Gasteiger partial charge in [-0.1, -0.05) is 86.1 Å². The Morgan fingerprint density at radius 2 is 1.50 bits per heavy atom. The number of nitrogens with zero attached hydrogens (tertiary/aromatic N) is 2. The second-order valence-corrected chi connectivity index (χ2v) is 17.8. The number of ether oxygens (including phenoxy) is 1. The highest BCUT2D eigenvalue weighted by atomic mass is 32.2. The van der Waals surface area contributed by atoms with Crippen LogP contribution in [0.2, 0.25) is 0 Å². The summed E-state index contributed by atoms with van der Waals surface area (Å²) in [5.41, 5.74) is 0. The maximum atomic E-state index is 8.39. The van der Waals surface area contributed by atoms with Gasteiger partial charge in [-0.2, -0.15) is 36.2 Å². The van der Waals surface area contributed by atoms with Crippen LogP contribution in [0.25, 0.3) is 0 Å². The summed E-state index contributed by atoms with van der Waals surface area (Å²) in [6, 6.07) is 0. The summed E-state index contributed by atoms with van der Waals surface area (Å²) >= 11 is 8.48. The van der Waals surface area contributed by atoms with Crippen LogP contribution in [0.3, 0.4) is 0 Å². The summed E-state index contributed by atoms with van der Waals surface area (Å²) in [5.74, 6) is 6.97. The van der Waals surface area contributed by atoms with Gasteiger partial charge in [0.15, 0.2) is 0 Å². The van der Waals surface area contributed by atoms with E-state index in [1.807, 2.05) is 14.1 Å². The van der Waals surface area contributed by atoms with Crippen LogP contribution in [-0.2, 0) is 4.74 Å². The number of aliphatic hydroxyl groups excluding tert-OH is 1. The van der Waals surface area contributed by atoms with Crippen molar-refractivity contribution in [3.05, 3.63) is 12.7 Å². The fourth-order valence-electron chi connectivity index (χ4n) is 5.47. The van der Waals surface area contributed by atoms with Gasteiger partial charge in [-0.25, -0.2) is 0 Å². The third-order valence-electron chi connectivity index (χ3n) is 8.97. The third kappa shape index (κ3) is 37.9. The zero-order valence-electron chi connectivity index (χ0n) is 34.3. The molecule has 1 rings (SSSR count). The van der Waals surface area contributed by atoms with E-state index in [4.69, 9.17) is 9.84 Å². The molecule has 1 N–H and O–H groups in total. The SMILES string of the molecule is C=CC1CCC(CCCC(C)CCC(SCCC)C(C)C)C(SCCN(C)C)C1.CCCC.CN(C)CCS.COCCCCCCO. The van der Waals surface area contributed by atoms with Crippen LogP contribution in [0, 0.1) is 23.7 Å². The van der Waals surface area contributed by atoms with E-state index in [1.165, 1.54) is 95.1 Å². The van der Waals surface area contributed by atoms with Gasteiger partial charge in [0.2, 0.25) is 0 Å². The van der Waals surface area contributed by atoms with Gasteiger partial charge in [0.1, 0.15) is 0 Å². The average Bonchev–Trinajstić information content (AvgIpc) is 3.05. The highest BCUT2D eigenvalue weighted by Gasteiger charge is 2.29. The molecule has 0 heterocycles. The summed E-state index contributed by atoms with van der Waals surface area (Å²) in [4.78, 5) is 4.42. The number of methoxy groups -OCH3 is 1. The predicted octanol–water partition coefficient (Wildman–Crippen LogP) is 11.5. The molecule has 48 heavy (non-hydrogen) atoms. The number of thiol groups is 1. The first-order valence-corrected chi connectivity index (χ1v) is 22.6. The average molecular weight is 737 g/mol. The second-order valence-electron chi connectivity index (χ2n) is 14.7. The number of rotatable bonds is 25. The van der Waals surface area contributed by atoms with Crippen molar-refractivity contribution in [2.75, 3.05) is 78.9 Å². The number of hydrogen-bond donors (Lipinski definition) is 2. The smallest absolute Gasteiger partial charge is 0.0462 e. The van der Waals surface area contributed by atoms with E-state index in [0.717, 1.165) is 72.3 Å². The van der Waals surface area contributed by atoms with Crippen molar-refractivity contribution in [1.82, 2.24) is 9.80 Å². The molecule has 0 aromatic carbocycles. The Morgan fingerprint density at radius 3 is 1.98 bits per heavy atom. The van der Waals surface area contributed by atoms with Crippen LogP contribution in [0.1, 0.15) is 138 Å². The minimum absolute atomic E-state index is 0.326. The van der Waals surface area contributed by atoms with Crippen molar-refractivity contribution in [3.8, 4) is 0 Å². The fourth-order valence-corrected chi connectivity index (χ4v) is 8.80. The first-order valence-electron chi connectivity index (χ1n) is 19.8. The van der Waals surface area contributed by atoms with Gasteiger partial charge in [0, 0.05) is 55.4 Å². The molecular formula is C41H88N2O2S3. The van der Waals surface area contributed by atoms with E-state index >= 15 is 0 Å². The van der Waals surface area contributed by atoms with Crippen molar-refractivity contribution < 1.29 is 9.84 Å². The highest BCUT2D eigenvalue weighted by molar-refractivity contribution is 8.00. The van der Waals surface area contributed by atoms with Gasteiger partial charge in [0.05, 0.1) is 0 Å². The van der Waals surface area contributed by atoms with Crippen LogP contribution in [0.15, 0.2) is 12.7 Å². The van der Waals surface area contributed by atoms with Crippen LogP contribution in [0.4, 0.5) is 0 Å². The molecule has 0 amide bonds. The second kappa shape index (κ2) is 40.4. The molecule has 0 spiro atoms. The Balaban J connectivity index is -0.000000863. The molecule has 0 aliphatic heterocycles. The highest BCUT2D eigenvalue weighted by Crippen LogP contribution is 2.40. The Morgan fingerprint density at radius 1 is 0.854 bits per heavy atom. The van der Waals surface area contributed by atoms with Gasteiger partial charge in [0.25, 0.3) is 0 Å². The number of aliphatic hydroxyl groups is 1. The number of allylic oxidation sites excluding steroid dienone is 1. The quantitative estimate of drug-likeness (QED) is 0.0552. The van der Waals surface area contributed by atoms with Crippen molar-refractivity contribution in [3.63, 3.8) is 0 Å². The van der Waals surface area contributed by atoms with Crippen molar-refractivity contribution in [2.45, 2.75) is 148 Å². The standard InChI is InChI=1S/C26H51NS2.C7H16O2.C4H11NS.C4H10/c1-8-18-28-25(21(3)4)16-13-22(5)11-10-12-24-15-14-23(9-2)20-26(24)29-19-17-27(6)7;1-9-7-5-3-2-4-6-8;1-5(2)3-4-6;1-3-4-2/h9,21-26H,2,8,10-20H2,1,3-7H3;8H,2-7H2,1H3;6H,3-4H2,1-2H3;3-4H2,1-2H3. The van der Waals surface area contributed by atoms with Crippen molar-refractivity contribution in [1.29, 1.82) is 0 Å². The lowest BCUT2D eigenvalue weighted by atomic mass is 9.79. The molecule has 0 saturated heterocycles. The molecular weight excluding hydrogens is 649 g/mol. The molecule has 1 saturated carbocycles. The molecule has 5 unspecified atom stereocenters. The minimum atomic E-state index is 0.326. The Kier molecular flexibility index (Phi) is 44.6. The molecule has 5 atom stereocenters. The summed E-state index contributed by atoms with van der Waals surface area (Å²) in [7, 11) is 10.2.